The lowest BCUT2D eigenvalue weighted by Gasteiger charge is -2.17. The first-order valence-electron chi connectivity index (χ1n) is 5.65. The first-order chi connectivity index (χ1) is 8.66. The van der Waals surface area contributed by atoms with E-state index in [0.29, 0.717) is 10.7 Å². The standard InChI is InChI=1S/C15H12Cl2S/c16-13-8-4-7-12(9-13)14(10-15(17)18)11-5-2-1-3-6-11/h1-9,14H,10H2. The SMILES string of the molecule is S=C(Cl)CC(c1ccccc1)c1cccc(Cl)c1. The summed E-state index contributed by atoms with van der Waals surface area (Å²) < 4.78 is 0.490. The molecule has 92 valence electrons. The number of hydrogen-bond donors (Lipinski definition) is 0. The monoisotopic (exact) mass is 294 g/mol. The molecule has 0 aromatic heterocycles. The van der Waals surface area contributed by atoms with Crippen LogP contribution in [0.5, 0.6) is 0 Å². The molecular formula is C15H12Cl2S. The molecule has 1 atom stereocenters. The van der Waals surface area contributed by atoms with Crippen LogP contribution >= 0.6 is 35.4 Å². The topological polar surface area (TPSA) is 0 Å². The van der Waals surface area contributed by atoms with Gasteiger partial charge in [-0.15, -0.1) is 0 Å². The van der Waals surface area contributed by atoms with Gasteiger partial charge in [0, 0.05) is 17.4 Å². The molecular weight excluding hydrogens is 283 g/mol. The van der Waals surface area contributed by atoms with Crippen molar-refractivity contribution < 1.29 is 0 Å². The average Bonchev–Trinajstić information content (AvgIpc) is 2.37. The molecule has 0 amide bonds. The fourth-order valence-corrected chi connectivity index (χ4v) is 2.52. The van der Waals surface area contributed by atoms with Crippen LogP contribution in [0.4, 0.5) is 0 Å². The molecule has 0 nitrogen and oxygen atoms in total. The smallest absolute Gasteiger partial charge is 0.0818 e. The Kier molecular flexibility index (Phi) is 4.76. The van der Waals surface area contributed by atoms with E-state index < -0.39 is 0 Å². The third-order valence-corrected chi connectivity index (χ3v) is 3.37. The van der Waals surface area contributed by atoms with Crippen molar-refractivity contribution in [2.75, 3.05) is 0 Å². The van der Waals surface area contributed by atoms with E-state index in [1.807, 2.05) is 36.4 Å². The third-order valence-electron chi connectivity index (χ3n) is 2.82. The highest BCUT2D eigenvalue weighted by Gasteiger charge is 2.15. The van der Waals surface area contributed by atoms with Gasteiger partial charge in [-0.25, -0.2) is 0 Å². The summed E-state index contributed by atoms with van der Waals surface area (Å²) in [5.74, 6) is 0.162. The maximum absolute atomic E-state index is 6.05. The molecule has 2 aromatic rings. The van der Waals surface area contributed by atoms with Gasteiger partial charge in [-0.05, 0) is 23.3 Å². The number of benzene rings is 2. The van der Waals surface area contributed by atoms with E-state index in [1.54, 1.807) is 0 Å². The van der Waals surface area contributed by atoms with Crippen molar-refractivity contribution in [1.82, 2.24) is 0 Å². The molecule has 0 bridgehead atoms. The van der Waals surface area contributed by atoms with Crippen molar-refractivity contribution in [2.45, 2.75) is 12.3 Å². The zero-order chi connectivity index (χ0) is 13.0. The maximum Gasteiger partial charge on any atom is 0.0818 e. The summed E-state index contributed by atoms with van der Waals surface area (Å²) in [6, 6.07) is 18.0. The number of halogens is 2. The Morgan fingerprint density at radius 3 is 2.28 bits per heavy atom. The highest BCUT2D eigenvalue weighted by Crippen LogP contribution is 2.30. The molecule has 0 aliphatic rings. The van der Waals surface area contributed by atoms with Crippen LogP contribution in [0.25, 0.3) is 0 Å². The van der Waals surface area contributed by atoms with Crippen LogP contribution in [0.1, 0.15) is 23.5 Å². The van der Waals surface area contributed by atoms with Crippen LogP contribution in [0.15, 0.2) is 54.6 Å². The second-order valence-corrected chi connectivity index (χ2v) is 5.69. The van der Waals surface area contributed by atoms with Gasteiger partial charge in [-0.3, -0.25) is 0 Å². The van der Waals surface area contributed by atoms with Crippen LogP contribution in [-0.2, 0) is 0 Å². The molecule has 3 heteroatoms. The average molecular weight is 295 g/mol. The Hall–Kier alpha value is -0.890. The number of rotatable bonds is 4. The highest BCUT2D eigenvalue weighted by molar-refractivity contribution is 7.83. The summed E-state index contributed by atoms with van der Waals surface area (Å²) >= 11 is 17.0. The maximum atomic E-state index is 6.05. The van der Waals surface area contributed by atoms with E-state index in [0.717, 1.165) is 10.6 Å². The fraction of sp³-hybridized carbons (Fsp3) is 0.133. The van der Waals surface area contributed by atoms with Gasteiger partial charge in [0.05, 0.1) is 4.32 Å². The molecule has 0 aliphatic heterocycles. The Labute approximate surface area is 123 Å². The van der Waals surface area contributed by atoms with Crippen LogP contribution in [0, 0.1) is 0 Å². The second kappa shape index (κ2) is 6.33. The van der Waals surface area contributed by atoms with Crippen molar-refractivity contribution >= 4 is 39.7 Å². The van der Waals surface area contributed by atoms with Crippen LogP contribution in [-0.4, -0.2) is 4.32 Å². The number of thiocarbonyl (C=S) groups is 1. The Morgan fingerprint density at radius 2 is 1.67 bits per heavy atom. The van der Waals surface area contributed by atoms with E-state index in [-0.39, 0.29) is 5.92 Å². The van der Waals surface area contributed by atoms with Crippen LogP contribution < -0.4 is 0 Å². The summed E-state index contributed by atoms with van der Waals surface area (Å²) in [6.07, 6.45) is 0.640. The van der Waals surface area contributed by atoms with Gasteiger partial charge in [0.15, 0.2) is 0 Å². The van der Waals surface area contributed by atoms with Crippen molar-refractivity contribution in [1.29, 1.82) is 0 Å². The molecule has 0 aliphatic carbocycles. The lowest BCUT2D eigenvalue weighted by Crippen LogP contribution is -2.04. The van der Waals surface area contributed by atoms with E-state index >= 15 is 0 Å². The molecule has 2 rings (SSSR count). The second-order valence-electron chi connectivity index (χ2n) is 4.08. The molecule has 2 aromatic carbocycles. The summed E-state index contributed by atoms with van der Waals surface area (Å²) in [6.45, 7) is 0. The predicted octanol–water partition coefficient (Wildman–Crippen LogP) is 5.43. The predicted molar refractivity (Wildman–Crippen MR) is 82.8 cm³/mol. The van der Waals surface area contributed by atoms with E-state index in [9.17, 15) is 0 Å². The first-order valence-corrected chi connectivity index (χ1v) is 6.82. The lowest BCUT2D eigenvalue weighted by molar-refractivity contribution is 0.867. The molecule has 0 radical (unpaired) electrons. The molecule has 0 heterocycles. The highest BCUT2D eigenvalue weighted by atomic mass is 35.5. The molecule has 0 fully saturated rings. The Morgan fingerprint density at radius 1 is 1.00 bits per heavy atom. The first kappa shape index (κ1) is 13.5. The van der Waals surface area contributed by atoms with Gasteiger partial charge in [0.1, 0.15) is 0 Å². The molecule has 0 saturated carbocycles. The summed E-state index contributed by atoms with van der Waals surface area (Å²) in [5.41, 5.74) is 2.33. The lowest BCUT2D eigenvalue weighted by atomic mass is 9.89. The van der Waals surface area contributed by atoms with Crippen LogP contribution in [0.2, 0.25) is 5.02 Å². The van der Waals surface area contributed by atoms with Gasteiger partial charge >= 0.3 is 0 Å². The van der Waals surface area contributed by atoms with Crippen molar-refractivity contribution in [3.05, 3.63) is 70.7 Å². The van der Waals surface area contributed by atoms with E-state index in [1.165, 1.54) is 5.56 Å². The van der Waals surface area contributed by atoms with Gasteiger partial charge < -0.3 is 0 Å². The zero-order valence-electron chi connectivity index (χ0n) is 9.64. The van der Waals surface area contributed by atoms with Gasteiger partial charge in [0.2, 0.25) is 0 Å². The normalized spacial score (nSPS) is 12.1. The van der Waals surface area contributed by atoms with Crippen molar-refractivity contribution in [3.8, 4) is 0 Å². The van der Waals surface area contributed by atoms with E-state index in [4.69, 9.17) is 35.4 Å². The molecule has 1 unspecified atom stereocenters. The minimum atomic E-state index is 0.162. The molecule has 0 N–H and O–H groups in total. The van der Waals surface area contributed by atoms with E-state index in [2.05, 4.69) is 18.2 Å². The largest absolute Gasteiger partial charge is 0.0843 e. The third kappa shape index (κ3) is 3.55. The summed E-state index contributed by atoms with van der Waals surface area (Å²) in [5, 5.41) is 0.730. The Bertz CT molecular complexity index is 537. The van der Waals surface area contributed by atoms with Gasteiger partial charge in [-0.2, -0.15) is 0 Å². The Balaban J connectivity index is 2.40. The van der Waals surface area contributed by atoms with Gasteiger partial charge in [0.25, 0.3) is 0 Å². The fourth-order valence-electron chi connectivity index (χ4n) is 2.00. The molecule has 0 spiro atoms. The minimum absolute atomic E-state index is 0.162. The summed E-state index contributed by atoms with van der Waals surface area (Å²) in [7, 11) is 0. The quantitative estimate of drug-likeness (QED) is 0.535. The molecule has 0 saturated heterocycles. The number of hydrogen-bond acceptors (Lipinski definition) is 1. The molecule has 18 heavy (non-hydrogen) atoms. The van der Waals surface area contributed by atoms with Crippen molar-refractivity contribution in [2.24, 2.45) is 0 Å². The minimum Gasteiger partial charge on any atom is -0.0843 e. The summed E-state index contributed by atoms with van der Waals surface area (Å²) in [4.78, 5) is 0. The van der Waals surface area contributed by atoms with Crippen LogP contribution in [0.3, 0.4) is 0 Å². The van der Waals surface area contributed by atoms with Gasteiger partial charge in [-0.1, -0.05) is 77.9 Å². The zero-order valence-corrected chi connectivity index (χ0v) is 12.0. The van der Waals surface area contributed by atoms with Crippen molar-refractivity contribution in [3.63, 3.8) is 0 Å².